The lowest BCUT2D eigenvalue weighted by atomic mass is 10.1. The molecule has 27 heavy (non-hydrogen) atoms. The average Bonchev–Trinajstić information content (AvgIpc) is 3.46. The van der Waals surface area contributed by atoms with Crippen LogP contribution in [0.4, 0.5) is 11.4 Å². The maximum absolute atomic E-state index is 12.4. The lowest BCUT2D eigenvalue weighted by molar-refractivity contribution is -0.117. The average molecular weight is 365 g/mol. The smallest absolute Gasteiger partial charge is 0.227 e. The molecule has 1 aliphatic rings. The van der Waals surface area contributed by atoms with Gasteiger partial charge in [0.05, 0.1) is 30.6 Å². The number of anilines is 2. The van der Waals surface area contributed by atoms with Crippen LogP contribution >= 0.6 is 0 Å². The van der Waals surface area contributed by atoms with Crippen molar-refractivity contribution in [3.05, 3.63) is 48.7 Å². The van der Waals surface area contributed by atoms with Gasteiger partial charge in [0.2, 0.25) is 5.91 Å². The van der Waals surface area contributed by atoms with E-state index in [4.69, 9.17) is 9.84 Å². The van der Waals surface area contributed by atoms with Gasteiger partial charge in [0.15, 0.2) is 0 Å². The lowest BCUT2D eigenvalue weighted by Gasteiger charge is -2.15. The van der Waals surface area contributed by atoms with Crippen LogP contribution in [0.1, 0.15) is 12.8 Å². The van der Waals surface area contributed by atoms with Gasteiger partial charge < -0.3 is 25.0 Å². The predicted molar refractivity (Wildman–Crippen MR) is 107 cm³/mol. The zero-order valence-corrected chi connectivity index (χ0v) is 15.2. The number of hydrogen-bond donors (Lipinski definition) is 3. The van der Waals surface area contributed by atoms with Crippen LogP contribution in [-0.2, 0) is 4.79 Å². The molecule has 1 amide bonds. The maximum Gasteiger partial charge on any atom is 0.227 e. The number of fused-ring (bicyclic) bond motifs is 1. The normalized spacial score (nSPS) is 13.6. The number of carbonyl (C=O) groups is 1. The number of carbonyl (C=O) groups excluding carboxylic acids is 1. The van der Waals surface area contributed by atoms with Gasteiger partial charge in [0.1, 0.15) is 5.75 Å². The van der Waals surface area contributed by atoms with E-state index in [1.165, 1.54) is 0 Å². The highest BCUT2D eigenvalue weighted by molar-refractivity contribution is 6.04. The minimum Gasteiger partial charge on any atom is -0.495 e. The molecular formula is C21H23N3O3. The van der Waals surface area contributed by atoms with Crippen LogP contribution in [0.15, 0.2) is 48.7 Å². The number of nitrogens with one attached hydrogen (secondary N) is 2. The third-order valence-electron chi connectivity index (χ3n) is 4.78. The molecule has 1 aliphatic carbocycles. The van der Waals surface area contributed by atoms with Crippen LogP contribution < -0.4 is 15.4 Å². The zero-order valence-electron chi connectivity index (χ0n) is 15.2. The molecule has 0 saturated heterocycles. The number of benzene rings is 2. The highest BCUT2D eigenvalue weighted by Crippen LogP contribution is 2.36. The largest absolute Gasteiger partial charge is 0.495 e. The van der Waals surface area contributed by atoms with Crippen LogP contribution in [0.25, 0.3) is 16.6 Å². The van der Waals surface area contributed by atoms with Crippen molar-refractivity contribution in [2.75, 3.05) is 30.9 Å². The number of aliphatic hydroxyl groups is 1. The SMILES string of the molecule is COc1ccccc1-n1ccc2cc(NCCO)cc(NC(=O)C3CC3)c21. The van der Waals surface area contributed by atoms with E-state index >= 15 is 0 Å². The van der Waals surface area contributed by atoms with Crippen molar-refractivity contribution in [2.24, 2.45) is 5.92 Å². The van der Waals surface area contributed by atoms with Gasteiger partial charge in [-0.15, -0.1) is 0 Å². The van der Waals surface area contributed by atoms with E-state index in [-0.39, 0.29) is 18.4 Å². The van der Waals surface area contributed by atoms with E-state index < -0.39 is 0 Å². The molecule has 3 N–H and O–H groups in total. The molecule has 0 unspecified atom stereocenters. The molecule has 1 aromatic heterocycles. The Hall–Kier alpha value is -2.99. The lowest BCUT2D eigenvalue weighted by Crippen LogP contribution is -2.15. The van der Waals surface area contributed by atoms with Crippen molar-refractivity contribution in [3.8, 4) is 11.4 Å². The summed E-state index contributed by atoms with van der Waals surface area (Å²) in [6, 6.07) is 13.8. The molecule has 3 aromatic rings. The molecule has 1 fully saturated rings. The van der Waals surface area contributed by atoms with Crippen molar-refractivity contribution in [1.82, 2.24) is 4.57 Å². The molecule has 1 saturated carbocycles. The molecule has 0 aliphatic heterocycles. The Morgan fingerprint density at radius 2 is 2.07 bits per heavy atom. The van der Waals surface area contributed by atoms with Crippen molar-refractivity contribution >= 4 is 28.2 Å². The second-order valence-corrected chi connectivity index (χ2v) is 6.73. The number of ether oxygens (including phenoxy) is 1. The predicted octanol–water partition coefficient (Wildman–Crippen LogP) is 3.39. The van der Waals surface area contributed by atoms with Gasteiger partial charge in [-0.1, -0.05) is 12.1 Å². The quantitative estimate of drug-likeness (QED) is 0.600. The van der Waals surface area contributed by atoms with Crippen LogP contribution in [0.3, 0.4) is 0 Å². The monoisotopic (exact) mass is 365 g/mol. The summed E-state index contributed by atoms with van der Waals surface area (Å²) in [5.41, 5.74) is 3.44. The summed E-state index contributed by atoms with van der Waals surface area (Å²) in [6.45, 7) is 0.499. The van der Waals surface area contributed by atoms with Crippen molar-refractivity contribution in [1.29, 1.82) is 0 Å². The van der Waals surface area contributed by atoms with Crippen LogP contribution in [0.5, 0.6) is 5.75 Å². The first-order valence-corrected chi connectivity index (χ1v) is 9.15. The fourth-order valence-electron chi connectivity index (χ4n) is 3.29. The summed E-state index contributed by atoms with van der Waals surface area (Å²) in [5.74, 6) is 0.934. The number of aromatic nitrogens is 1. The van der Waals surface area contributed by atoms with Crippen molar-refractivity contribution in [3.63, 3.8) is 0 Å². The molecule has 0 spiro atoms. The van der Waals surface area contributed by atoms with Crippen LogP contribution in [0, 0.1) is 5.92 Å². The molecule has 0 bridgehead atoms. The summed E-state index contributed by atoms with van der Waals surface area (Å²) in [7, 11) is 1.65. The summed E-state index contributed by atoms with van der Waals surface area (Å²) >= 11 is 0. The summed E-state index contributed by atoms with van der Waals surface area (Å²) in [4.78, 5) is 12.4. The fraction of sp³-hybridized carbons (Fsp3) is 0.286. The minimum absolute atomic E-state index is 0.0457. The number of nitrogens with zero attached hydrogens (tertiary/aromatic N) is 1. The van der Waals surface area contributed by atoms with E-state index in [2.05, 4.69) is 10.6 Å². The number of para-hydroxylation sites is 2. The minimum atomic E-state index is 0.0457. The van der Waals surface area contributed by atoms with Gasteiger partial charge in [-0.2, -0.15) is 0 Å². The van der Waals surface area contributed by atoms with Crippen molar-refractivity contribution < 1.29 is 14.6 Å². The van der Waals surface area contributed by atoms with E-state index in [0.29, 0.717) is 6.54 Å². The van der Waals surface area contributed by atoms with Gasteiger partial charge in [-0.3, -0.25) is 4.79 Å². The van der Waals surface area contributed by atoms with Gasteiger partial charge in [0.25, 0.3) is 0 Å². The Morgan fingerprint density at radius 3 is 2.81 bits per heavy atom. The molecule has 0 radical (unpaired) electrons. The first kappa shape index (κ1) is 17.4. The molecule has 4 rings (SSSR count). The summed E-state index contributed by atoms with van der Waals surface area (Å²) in [5, 5.41) is 16.4. The van der Waals surface area contributed by atoms with E-state index in [0.717, 1.165) is 46.6 Å². The fourth-order valence-corrected chi connectivity index (χ4v) is 3.29. The van der Waals surface area contributed by atoms with Crippen molar-refractivity contribution in [2.45, 2.75) is 12.8 Å². The van der Waals surface area contributed by atoms with Crippen LogP contribution in [-0.4, -0.2) is 35.8 Å². The molecular weight excluding hydrogens is 342 g/mol. The number of aliphatic hydroxyl groups excluding tert-OH is 1. The van der Waals surface area contributed by atoms with E-state index in [1.54, 1.807) is 7.11 Å². The topological polar surface area (TPSA) is 75.5 Å². The molecule has 6 heteroatoms. The Balaban J connectivity index is 1.84. The summed E-state index contributed by atoms with van der Waals surface area (Å²) < 4.78 is 7.55. The first-order valence-electron chi connectivity index (χ1n) is 9.15. The van der Waals surface area contributed by atoms with Gasteiger partial charge in [0, 0.05) is 29.7 Å². The Bertz CT molecular complexity index is 976. The summed E-state index contributed by atoms with van der Waals surface area (Å²) in [6.07, 6.45) is 3.88. The number of rotatable bonds is 7. The van der Waals surface area contributed by atoms with E-state index in [1.807, 2.05) is 53.2 Å². The first-order chi connectivity index (χ1) is 13.2. The highest BCUT2D eigenvalue weighted by Gasteiger charge is 2.30. The molecule has 140 valence electrons. The van der Waals surface area contributed by atoms with Gasteiger partial charge in [-0.25, -0.2) is 0 Å². The second-order valence-electron chi connectivity index (χ2n) is 6.73. The molecule has 1 heterocycles. The number of methoxy groups -OCH3 is 1. The Morgan fingerprint density at radius 1 is 1.26 bits per heavy atom. The third-order valence-corrected chi connectivity index (χ3v) is 4.78. The maximum atomic E-state index is 12.4. The number of amides is 1. The Kier molecular flexibility index (Phi) is 4.73. The van der Waals surface area contributed by atoms with Gasteiger partial charge >= 0.3 is 0 Å². The zero-order chi connectivity index (χ0) is 18.8. The second kappa shape index (κ2) is 7.32. The van der Waals surface area contributed by atoms with Crippen LogP contribution in [0.2, 0.25) is 0 Å². The Labute approximate surface area is 157 Å². The molecule has 0 atom stereocenters. The molecule has 2 aromatic carbocycles. The van der Waals surface area contributed by atoms with E-state index in [9.17, 15) is 4.79 Å². The standard InChI is InChI=1S/C21H23N3O3/c1-27-19-5-3-2-4-18(19)24-10-8-15-12-16(22-9-11-25)13-17(20(15)24)23-21(26)14-6-7-14/h2-5,8,10,12-14,22,25H,6-7,9,11H2,1H3,(H,23,26). The molecule has 6 nitrogen and oxygen atoms in total. The highest BCUT2D eigenvalue weighted by atomic mass is 16.5. The van der Waals surface area contributed by atoms with Gasteiger partial charge in [-0.05, 0) is 43.2 Å². The number of hydrogen-bond acceptors (Lipinski definition) is 4. The third kappa shape index (κ3) is 3.48.